The summed E-state index contributed by atoms with van der Waals surface area (Å²) in [5, 5.41) is 9.98. The van der Waals surface area contributed by atoms with Crippen molar-refractivity contribution in [2.75, 3.05) is 39.8 Å². The van der Waals surface area contributed by atoms with Gasteiger partial charge in [-0.25, -0.2) is 9.97 Å². The molecule has 3 aromatic rings. The number of carbonyl (C=O) groups is 4. The number of nitrogens with zero attached hydrogens (tertiary/aromatic N) is 6. The highest BCUT2D eigenvalue weighted by molar-refractivity contribution is 5.97. The average Bonchev–Trinajstić information content (AvgIpc) is 3.82. The standard InChI is InChI=1S/C31H40N8O7/c1-21-28(35-20-45-21)31(43)39-17-23-16-24(39)30(42)34-10-3-4-12-37(27(40)7-5-14-38-19-32-18-36-38)13-6-11-33-29(41)22-8-9-25(44-2)26(15-22)46-23/h8-9,15,18-20,23-24H,3-7,10-14,16-17H2,1-2H3,(H,33,41)(H,34,42)/t23-,24-/m0/s1. The minimum absolute atomic E-state index is 0.0209. The molecule has 2 atom stereocenters. The second kappa shape index (κ2) is 15.4. The van der Waals surface area contributed by atoms with E-state index in [1.807, 2.05) is 4.90 Å². The Balaban J connectivity index is 1.32. The Morgan fingerprint density at radius 3 is 2.70 bits per heavy atom. The summed E-state index contributed by atoms with van der Waals surface area (Å²) in [5.74, 6) is 0.0845. The zero-order chi connectivity index (χ0) is 32.5. The average molecular weight is 637 g/mol. The van der Waals surface area contributed by atoms with Crippen LogP contribution in [0.25, 0.3) is 0 Å². The lowest BCUT2D eigenvalue weighted by Crippen LogP contribution is -2.46. The number of aryl methyl sites for hydroxylation is 2. The van der Waals surface area contributed by atoms with Crippen LogP contribution in [0.2, 0.25) is 0 Å². The molecule has 2 aliphatic heterocycles. The zero-order valence-electron chi connectivity index (χ0n) is 26.1. The lowest BCUT2D eigenvalue weighted by atomic mass is 10.1. The number of nitrogens with one attached hydrogen (secondary N) is 2. The molecule has 0 radical (unpaired) electrons. The third-order valence-electron chi connectivity index (χ3n) is 8.13. The number of amides is 4. The summed E-state index contributed by atoms with van der Waals surface area (Å²) < 4.78 is 18.7. The lowest BCUT2D eigenvalue weighted by molar-refractivity contribution is -0.131. The summed E-state index contributed by atoms with van der Waals surface area (Å²) in [6.07, 6.45) is 6.82. The predicted octanol–water partition coefficient (Wildman–Crippen LogP) is 1.58. The Morgan fingerprint density at radius 2 is 1.93 bits per heavy atom. The number of methoxy groups -OCH3 is 1. The molecule has 15 nitrogen and oxygen atoms in total. The number of fused-ring (bicyclic) bond motifs is 4. The van der Waals surface area contributed by atoms with Crippen molar-refractivity contribution in [3.8, 4) is 11.5 Å². The van der Waals surface area contributed by atoms with Gasteiger partial charge in [-0.15, -0.1) is 0 Å². The molecule has 2 aromatic heterocycles. The molecule has 2 aliphatic rings. The van der Waals surface area contributed by atoms with Crippen molar-refractivity contribution < 1.29 is 33.1 Å². The smallest absolute Gasteiger partial charge is 0.276 e. The van der Waals surface area contributed by atoms with Crippen LogP contribution >= 0.6 is 0 Å². The number of ether oxygens (including phenoxy) is 2. The van der Waals surface area contributed by atoms with E-state index in [0.29, 0.717) is 87.7 Å². The number of benzene rings is 1. The zero-order valence-corrected chi connectivity index (χ0v) is 26.1. The molecule has 4 bridgehead atoms. The first-order chi connectivity index (χ1) is 22.3. The molecule has 0 saturated carbocycles. The first-order valence-electron chi connectivity index (χ1n) is 15.6. The minimum atomic E-state index is -0.809. The van der Waals surface area contributed by atoms with E-state index in [-0.39, 0.29) is 36.4 Å². The summed E-state index contributed by atoms with van der Waals surface area (Å²) in [4.78, 5) is 64.4. The van der Waals surface area contributed by atoms with Crippen molar-refractivity contribution in [2.24, 2.45) is 0 Å². The number of aromatic nitrogens is 4. The fourth-order valence-electron chi connectivity index (χ4n) is 5.68. The van der Waals surface area contributed by atoms with E-state index in [0.717, 1.165) is 0 Å². The number of rotatable bonds is 6. The van der Waals surface area contributed by atoms with Gasteiger partial charge in [0.1, 0.15) is 30.6 Å². The van der Waals surface area contributed by atoms with Crippen LogP contribution in [0, 0.1) is 6.92 Å². The van der Waals surface area contributed by atoms with Gasteiger partial charge in [-0.2, -0.15) is 5.10 Å². The van der Waals surface area contributed by atoms with Crippen LogP contribution in [0.15, 0.2) is 41.7 Å². The molecule has 4 amide bonds. The van der Waals surface area contributed by atoms with E-state index < -0.39 is 18.1 Å². The summed E-state index contributed by atoms with van der Waals surface area (Å²) in [6, 6.07) is 4.07. The van der Waals surface area contributed by atoms with Gasteiger partial charge in [0.05, 0.1) is 13.7 Å². The van der Waals surface area contributed by atoms with E-state index in [1.165, 1.54) is 24.7 Å². The van der Waals surface area contributed by atoms with Crippen LogP contribution in [-0.2, 0) is 16.1 Å². The van der Waals surface area contributed by atoms with Gasteiger partial charge in [-0.05, 0) is 50.8 Å². The monoisotopic (exact) mass is 636 g/mol. The second-order valence-electron chi connectivity index (χ2n) is 11.3. The van der Waals surface area contributed by atoms with Gasteiger partial charge < -0.3 is 34.3 Å². The highest BCUT2D eigenvalue weighted by Crippen LogP contribution is 2.32. The highest BCUT2D eigenvalue weighted by Gasteiger charge is 2.42. The Labute approximate surface area is 266 Å². The number of likely N-dealkylation sites (tertiary alicyclic amines) is 1. The van der Waals surface area contributed by atoms with Crippen molar-refractivity contribution in [1.29, 1.82) is 0 Å². The Morgan fingerprint density at radius 1 is 1.11 bits per heavy atom. The van der Waals surface area contributed by atoms with E-state index >= 15 is 0 Å². The maximum atomic E-state index is 13.5. The molecule has 15 heteroatoms. The van der Waals surface area contributed by atoms with E-state index in [1.54, 1.807) is 36.1 Å². The fraction of sp³-hybridized carbons (Fsp3) is 0.516. The Kier molecular flexibility index (Phi) is 10.8. The highest BCUT2D eigenvalue weighted by atomic mass is 16.5. The second-order valence-corrected chi connectivity index (χ2v) is 11.3. The van der Waals surface area contributed by atoms with Crippen LogP contribution in [-0.4, -0.2) is 105 Å². The lowest BCUT2D eigenvalue weighted by Gasteiger charge is -2.24. The van der Waals surface area contributed by atoms with E-state index in [9.17, 15) is 19.2 Å². The van der Waals surface area contributed by atoms with Gasteiger partial charge in [-0.1, -0.05) is 0 Å². The first-order valence-corrected chi connectivity index (χ1v) is 15.6. The van der Waals surface area contributed by atoms with Crippen molar-refractivity contribution in [3.63, 3.8) is 0 Å². The van der Waals surface area contributed by atoms with E-state index in [2.05, 4.69) is 25.7 Å². The molecular formula is C31H40N8O7. The maximum Gasteiger partial charge on any atom is 0.276 e. The van der Waals surface area contributed by atoms with Crippen molar-refractivity contribution in [2.45, 2.75) is 64.1 Å². The molecule has 0 unspecified atom stereocenters. The van der Waals surface area contributed by atoms with Crippen LogP contribution in [0.1, 0.15) is 65.1 Å². The Bertz CT molecular complexity index is 1510. The summed E-state index contributed by atoms with van der Waals surface area (Å²) in [5.41, 5.74) is 0.503. The van der Waals surface area contributed by atoms with Crippen LogP contribution in [0.4, 0.5) is 0 Å². The van der Waals surface area contributed by atoms with Gasteiger partial charge in [0.25, 0.3) is 11.8 Å². The molecule has 0 spiro atoms. The van der Waals surface area contributed by atoms with Gasteiger partial charge in [0.15, 0.2) is 23.6 Å². The molecule has 1 aromatic carbocycles. The van der Waals surface area contributed by atoms with E-state index in [4.69, 9.17) is 13.9 Å². The van der Waals surface area contributed by atoms with Gasteiger partial charge >= 0.3 is 0 Å². The van der Waals surface area contributed by atoms with Crippen molar-refractivity contribution >= 4 is 23.6 Å². The van der Waals surface area contributed by atoms with Crippen LogP contribution < -0.4 is 20.1 Å². The van der Waals surface area contributed by atoms with Crippen molar-refractivity contribution in [3.05, 3.63) is 54.3 Å². The van der Waals surface area contributed by atoms with Gasteiger partial charge in [0.2, 0.25) is 11.8 Å². The Hall–Kier alpha value is -4.95. The largest absolute Gasteiger partial charge is 0.493 e. The number of carbonyl (C=O) groups excluding carboxylic acids is 4. The molecular weight excluding hydrogens is 596 g/mol. The van der Waals surface area contributed by atoms with Gasteiger partial charge in [0, 0.05) is 51.1 Å². The molecule has 46 heavy (non-hydrogen) atoms. The fourth-order valence-corrected chi connectivity index (χ4v) is 5.68. The van der Waals surface area contributed by atoms with Crippen LogP contribution in [0.5, 0.6) is 11.5 Å². The molecule has 246 valence electrons. The molecule has 0 aliphatic carbocycles. The summed E-state index contributed by atoms with van der Waals surface area (Å²) in [7, 11) is 1.50. The molecule has 4 heterocycles. The third-order valence-corrected chi connectivity index (χ3v) is 8.13. The molecule has 1 fully saturated rings. The predicted molar refractivity (Wildman–Crippen MR) is 163 cm³/mol. The minimum Gasteiger partial charge on any atom is -0.493 e. The topological polar surface area (TPSA) is 174 Å². The number of oxazole rings is 1. The molecule has 1 saturated heterocycles. The van der Waals surface area contributed by atoms with Gasteiger partial charge in [-0.3, -0.25) is 23.9 Å². The summed E-state index contributed by atoms with van der Waals surface area (Å²) >= 11 is 0. The van der Waals surface area contributed by atoms with Crippen molar-refractivity contribution in [1.82, 2.24) is 40.2 Å². The third kappa shape index (κ3) is 8.00. The number of hydrogen-bond acceptors (Lipinski definition) is 10. The SMILES string of the molecule is COc1ccc2cc1O[C@H]1C[C@@H](C(=O)NCCCCN(C(=O)CCCn3cncn3)CCCNC2=O)N(C(=O)c2ncoc2C)C1. The molecule has 5 rings (SSSR count). The summed E-state index contributed by atoms with van der Waals surface area (Å²) in [6.45, 7) is 4.11. The normalized spacial score (nSPS) is 19.7. The van der Waals surface area contributed by atoms with Crippen LogP contribution in [0.3, 0.4) is 0 Å². The quantitative estimate of drug-likeness (QED) is 0.404. The number of hydrogen-bond donors (Lipinski definition) is 2. The maximum absolute atomic E-state index is 13.5. The molecule has 2 N–H and O–H groups in total. The first kappa shape index (κ1) is 32.4.